The van der Waals surface area contributed by atoms with Gasteiger partial charge in [-0.1, -0.05) is 0 Å². The summed E-state index contributed by atoms with van der Waals surface area (Å²) >= 11 is 3.50. The maximum Gasteiger partial charge on any atom is 0.325 e. The third kappa shape index (κ3) is 2.17. The SMILES string of the molecule is CCn1nc(C)c(Br)c1CN1C(=O)NC2(CCNC2)C1=O. The minimum atomic E-state index is -0.754. The van der Waals surface area contributed by atoms with Crippen LogP contribution in [0.2, 0.25) is 0 Å². The number of urea groups is 1. The summed E-state index contributed by atoms with van der Waals surface area (Å²) in [6.07, 6.45) is 0.640. The second kappa shape index (κ2) is 5.10. The quantitative estimate of drug-likeness (QED) is 0.784. The second-order valence-electron chi connectivity index (χ2n) is 5.49. The molecular weight excluding hydrogens is 338 g/mol. The van der Waals surface area contributed by atoms with Gasteiger partial charge in [-0.05, 0) is 42.7 Å². The molecule has 0 saturated carbocycles. The van der Waals surface area contributed by atoms with Crippen molar-refractivity contribution in [2.45, 2.75) is 38.9 Å². The first-order valence-corrected chi connectivity index (χ1v) is 7.84. The summed E-state index contributed by atoms with van der Waals surface area (Å²) in [6, 6.07) is -0.322. The molecule has 2 aliphatic rings. The van der Waals surface area contributed by atoms with Gasteiger partial charge >= 0.3 is 6.03 Å². The highest BCUT2D eigenvalue weighted by Crippen LogP contribution is 2.28. The number of rotatable bonds is 3. The van der Waals surface area contributed by atoms with E-state index in [0.29, 0.717) is 19.5 Å². The van der Waals surface area contributed by atoms with E-state index in [-0.39, 0.29) is 18.5 Å². The lowest BCUT2D eigenvalue weighted by Gasteiger charge is -2.19. The zero-order valence-corrected chi connectivity index (χ0v) is 13.7. The summed E-state index contributed by atoms with van der Waals surface area (Å²) in [5, 5.41) is 10.4. The van der Waals surface area contributed by atoms with Crippen LogP contribution in [0.15, 0.2) is 4.47 Å². The van der Waals surface area contributed by atoms with Crippen LogP contribution in [0.1, 0.15) is 24.7 Å². The number of amides is 3. The molecule has 3 amide bonds. The standard InChI is InChI=1S/C13H18BrN5O2/c1-3-19-9(10(14)8(2)17-19)6-18-11(20)13(16-12(18)21)4-5-15-7-13/h15H,3-7H2,1-2H3,(H,16,21). The van der Waals surface area contributed by atoms with Crippen LogP contribution in [0.5, 0.6) is 0 Å². The summed E-state index contributed by atoms with van der Waals surface area (Å²) in [4.78, 5) is 26.1. The van der Waals surface area contributed by atoms with Gasteiger partial charge in [0.25, 0.3) is 5.91 Å². The van der Waals surface area contributed by atoms with Crippen LogP contribution in [0.25, 0.3) is 0 Å². The van der Waals surface area contributed by atoms with Crippen LogP contribution in [-0.2, 0) is 17.9 Å². The van der Waals surface area contributed by atoms with Crippen LogP contribution in [0.3, 0.4) is 0 Å². The molecular formula is C13H18BrN5O2. The monoisotopic (exact) mass is 355 g/mol. The molecule has 3 heterocycles. The molecule has 1 spiro atoms. The van der Waals surface area contributed by atoms with E-state index in [1.54, 1.807) is 0 Å². The highest BCUT2D eigenvalue weighted by Gasteiger charge is 2.52. The van der Waals surface area contributed by atoms with Gasteiger partial charge in [-0.2, -0.15) is 5.10 Å². The first kappa shape index (κ1) is 14.5. The molecule has 1 unspecified atom stereocenters. The molecule has 1 aromatic heterocycles. The molecule has 0 bridgehead atoms. The molecule has 1 aromatic rings. The molecule has 8 heteroatoms. The first-order valence-electron chi connectivity index (χ1n) is 7.05. The minimum absolute atomic E-state index is 0.147. The maximum atomic E-state index is 12.6. The van der Waals surface area contributed by atoms with Crippen molar-refractivity contribution in [3.63, 3.8) is 0 Å². The number of aromatic nitrogens is 2. The largest absolute Gasteiger partial charge is 0.325 e. The molecule has 0 radical (unpaired) electrons. The fourth-order valence-corrected chi connectivity index (χ4v) is 3.38. The average molecular weight is 356 g/mol. The number of nitrogens with zero attached hydrogens (tertiary/aromatic N) is 3. The number of carbonyl (C=O) groups excluding carboxylic acids is 2. The van der Waals surface area contributed by atoms with Crippen LogP contribution >= 0.6 is 15.9 Å². The molecule has 0 aromatic carbocycles. The summed E-state index contributed by atoms with van der Waals surface area (Å²) in [5.74, 6) is -0.147. The Morgan fingerprint density at radius 1 is 1.43 bits per heavy atom. The third-order valence-electron chi connectivity index (χ3n) is 4.16. The lowest BCUT2D eigenvalue weighted by Crippen LogP contribution is -2.48. The van der Waals surface area contributed by atoms with Gasteiger partial charge in [0.15, 0.2) is 0 Å². The molecule has 3 rings (SSSR count). The van der Waals surface area contributed by atoms with E-state index in [2.05, 4.69) is 31.7 Å². The lowest BCUT2D eigenvalue weighted by atomic mass is 9.99. The van der Waals surface area contributed by atoms with Crippen molar-refractivity contribution in [2.75, 3.05) is 13.1 Å². The Kier molecular flexibility index (Phi) is 3.53. The van der Waals surface area contributed by atoms with Crippen molar-refractivity contribution >= 4 is 27.9 Å². The first-order chi connectivity index (χ1) is 9.98. The maximum absolute atomic E-state index is 12.6. The number of imide groups is 1. The average Bonchev–Trinajstić information content (AvgIpc) is 3.09. The summed E-state index contributed by atoms with van der Waals surface area (Å²) < 4.78 is 2.67. The Balaban J connectivity index is 1.88. The van der Waals surface area contributed by atoms with Gasteiger partial charge in [-0.15, -0.1) is 0 Å². The van der Waals surface area contributed by atoms with Gasteiger partial charge in [-0.3, -0.25) is 14.4 Å². The number of nitrogens with one attached hydrogen (secondary N) is 2. The molecule has 2 N–H and O–H groups in total. The molecule has 1 atom stereocenters. The Bertz CT molecular complexity index is 606. The van der Waals surface area contributed by atoms with E-state index < -0.39 is 5.54 Å². The van der Waals surface area contributed by atoms with E-state index in [0.717, 1.165) is 22.4 Å². The summed E-state index contributed by atoms with van der Waals surface area (Å²) in [7, 11) is 0. The summed E-state index contributed by atoms with van der Waals surface area (Å²) in [6.45, 7) is 6.06. The van der Waals surface area contributed by atoms with Crippen molar-refractivity contribution < 1.29 is 9.59 Å². The van der Waals surface area contributed by atoms with Gasteiger partial charge < -0.3 is 10.6 Å². The van der Waals surface area contributed by atoms with E-state index in [9.17, 15) is 9.59 Å². The second-order valence-corrected chi connectivity index (χ2v) is 6.29. The van der Waals surface area contributed by atoms with Crippen molar-refractivity contribution in [1.29, 1.82) is 0 Å². The van der Waals surface area contributed by atoms with Gasteiger partial charge in [0.1, 0.15) is 5.54 Å². The number of hydrogen-bond donors (Lipinski definition) is 2. The van der Waals surface area contributed by atoms with Gasteiger partial charge in [-0.25, -0.2) is 4.79 Å². The topological polar surface area (TPSA) is 79.3 Å². The predicted molar refractivity (Wildman–Crippen MR) is 79.6 cm³/mol. The van der Waals surface area contributed by atoms with Gasteiger partial charge in [0, 0.05) is 13.1 Å². The van der Waals surface area contributed by atoms with Crippen LogP contribution in [0, 0.1) is 6.92 Å². The van der Waals surface area contributed by atoms with E-state index in [1.165, 1.54) is 4.90 Å². The smallest absolute Gasteiger partial charge is 0.322 e. The number of halogens is 1. The highest BCUT2D eigenvalue weighted by atomic mass is 79.9. The van der Waals surface area contributed by atoms with Gasteiger partial charge in [0.2, 0.25) is 0 Å². The Morgan fingerprint density at radius 2 is 2.19 bits per heavy atom. The van der Waals surface area contributed by atoms with Crippen LogP contribution in [0.4, 0.5) is 4.79 Å². The molecule has 7 nitrogen and oxygen atoms in total. The predicted octanol–water partition coefficient (Wildman–Crippen LogP) is 0.758. The molecule has 2 saturated heterocycles. The van der Waals surface area contributed by atoms with Crippen molar-refractivity contribution in [2.24, 2.45) is 0 Å². The Morgan fingerprint density at radius 3 is 2.81 bits per heavy atom. The van der Waals surface area contributed by atoms with Crippen molar-refractivity contribution in [1.82, 2.24) is 25.3 Å². The fraction of sp³-hybridized carbons (Fsp3) is 0.615. The molecule has 21 heavy (non-hydrogen) atoms. The zero-order valence-electron chi connectivity index (χ0n) is 12.1. The molecule has 114 valence electrons. The summed E-state index contributed by atoms with van der Waals surface area (Å²) in [5.41, 5.74) is 0.952. The van der Waals surface area contributed by atoms with E-state index >= 15 is 0 Å². The fourth-order valence-electron chi connectivity index (χ4n) is 2.97. The van der Waals surface area contributed by atoms with Gasteiger partial charge in [0.05, 0.1) is 22.4 Å². The Hall–Kier alpha value is -1.41. The normalized spacial score (nSPS) is 25.2. The molecule has 2 aliphatic heterocycles. The highest BCUT2D eigenvalue weighted by molar-refractivity contribution is 9.10. The molecule has 0 aliphatic carbocycles. The Labute approximate surface area is 131 Å². The number of carbonyl (C=O) groups is 2. The van der Waals surface area contributed by atoms with Crippen molar-refractivity contribution in [3.8, 4) is 0 Å². The number of aryl methyl sites for hydroxylation is 2. The third-order valence-corrected chi connectivity index (χ3v) is 5.19. The van der Waals surface area contributed by atoms with E-state index in [4.69, 9.17) is 0 Å². The lowest BCUT2D eigenvalue weighted by molar-refractivity contribution is -0.131. The minimum Gasteiger partial charge on any atom is -0.322 e. The van der Waals surface area contributed by atoms with Crippen LogP contribution < -0.4 is 10.6 Å². The van der Waals surface area contributed by atoms with Crippen molar-refractivity contribution in [3.05, 3.63) is 15.9 Å². The van der Waals surface area contributed by atoms with E-state index in [1.807, 2.05) is 18.5 Å². The molecule has 2 fully saturated rings. The van der Waals surface area contributed by atoms with Crippen LogP contribution in [-0.4, -0.2) is 45.2 Å². The number of hydrogen-bond acceptors (Lipinski definition) is 4. The zero-order chi connectivity index (χ0) is 15.2.